The zero-order valence-electron chi connectivity index (χ0n) is 12.3. The molecular formula is C12H27O6Sb. The van der Waals surface area contributed by atoms with Gasteiger partial charge in [0.05, 0.1) is 0 Å². The molecule has 0 aromatic heterocycles. The topological polar surface area (TPSA) is 55.4 Å². The molecule has 0 N–H and O–H groups in total. The molecule has 0 amide bonds. The fourth-order valence-corrected chi connectivity index (χ4v) is 4.16. The van der Waals surface area contributed by atoms with Gasteiger partial charge >= 0.3 is 125 Å². The Kier molecular flexibility index (Phi) is 17.1. The molecule has 0 rings (SSSR count). The molecule has 0 saturated carbocycles. The van der Waals surface area contributed by atoms with Crippen LogP contribution in [0.15, 0.2) is 0 Å². The van der Waals surface area contributed by atoms with Crippen LogP contribution in [-0.4, -0.2) is 82.4 Å². The second-order valence-corrected chi connectivity index (χ2v) is 7.25. The number of methoxy groups -OCH3 is 3. The molecule has 0 aliphatic heterocycles. The Balaban J connectivity index is 3.66. The minimum atomic E-state index is -2.48. The van der Waals surface area contributed by atoms with E-state index in [-0.39, 0.29) is 0 Å². The van der Waals surface area contributed by atoms with E-state index in [0.717, 1.165) is 19.3 Å². The first-order valence-electron chi connectivity index (χ1n) is 6.50. The van der Waals surface area contributed by atoms with Gasteiger partial charge in [-0.1, -0.05) is 0 Å². The van der Waals surface area contributed by atoms with Crippen molar-refractivity contribution in [2.24, 2.45) is 0 Å². The van der Waals surface area contributed by atoms with Crippen LogP contribution in [0.3, 0.4) is 0 Å². The van der Waals surface area contributed by atoms with Gasteiger partial charge in [-0.05, 0) is 0 Å². The maximum atomic E-state index is 5.68. The summed E-state index contributed by atoms with van der Waals surface area (Å²) in [6.45, 7) is 3.98. The van der Waals surface area contributed by atoms with E-state index in [0.29, 0.717) is 39.6 Å². The van der Waals surface area contributed by atoms with Crippen molar-refractivity contribution in [1.82, 2.24) is 0 Å². The van der Waals surface area contributed by atoms with E-state index in [1.165, 1.54) is 0 Å². The van der Waals surface area contributed by atoms with Crippen LogP contribution in [0.5, 0.6) is 0 Å². The van der Waals surface area contributed by atoms with Crippen molar-refractivity contribution < 1.29 is 23.3 Å². The summed E-state index contributed by atoms with van der Waals surface area (Å²) in [5.74, 6) is 0. The van der Waals surface area contributed by atoms with Crippen molar-refractivity contribution in [3.05, 3.63) is 0 Å². The molecule has 6 nitrogen and oxygen atoms in total. The molecule has 0 aliphatic rings. The zero-order valence-corrected chi connectivity index (χ0v) is 14.8. The third-order valence-corrected chi connectivity index (χ3v) is 5.44. The predicted molar refractivity (Wildman–Crippen MR) is 73.1 cm³/mol. The van der Waals surface area contributed by atoms with Gasteiger partial charge < -0.3 is 0 Å². The molecule has 0 bridgehead atoms. The number of rotatable bonds is 15. The summed E-state index contributed by atoms with van der Waals surface area (Å²) in [5.41, 5.74) is 0. The van der Waals surface area contributed by atoms with Crippen LogP contribution in [0.2, 0.25) is 0 Å². The molecule has 0 aromatic carbocycles. The summed E-state index contributed by atoms with van der Waals surface area (Å²) in [7, 11) is 5.04. The normalized spacial score (nSPS) is 11.4. The van der Waals surface area contributed by atoms with E-state index in [4.69, 9.17) is 23.3 Å². The van der Waals surface area contributed by atoms with Crippen LogP contribution in [0.1, 0.15) is 19.3 Å². The van der Waals surface area contributed by atoms with Crippen LogP contribution < -0.4 is 0 Å². The Morgan fingerprint density at radius 1 is 0.526 bits per heavy atom. The monoisotopic (exact) mass is 388 g/mol. The first kappa shape index (κ1) is 19.6. The molecule has 19 heavy (non-hydrogen) atoms. The van der Waals surface area contributed by atoms with Crippen LogP contribution in [0.25, 0.3) is 0 Å². The zero-order chi connectivity index (χ0) is 14.2. The van der Waals surface area contributed by atoms with Gasteiger partial charge in [0.1, 0.15) is 0 Å². The quantitative estimate of drug-likeness (QED) is 0.309. The Hall–Kier alpha value is 0.578. The van der Waals surface area contributed by atoms with Gasteiger partial charge in [-0.25, -0.2) is 0 Å². The maximum absolute atomic E-state index is 5.68. The number of ether oxygens (including phenoxy) is 3. The molecule has 0 aliphatic carbocycles. The van der Waals surface area contributed by atoms with Crippen LogP contribution in [0.4, 0.5) is 0 Å². The molecule has 0 unspecified atom stereocenters. The second-order valence-electron chi connectivity index (χ2n) is 3.76. The molecule has 0 spiro atoms. The summed E-state index contributed by atoms with van der Waals surface area (Å²) >= 11 is -2.48. The van der Waals surface area contributed by atoms with Gasteiger partial charge in [0.25, 0.3) is 0 Å². The molecule has 7 heteroatoms. The first-order chi connectivity index (χ1) is 9.35. The Morgan fingerprint density at radius 2 is 0.842 bits per heavy atom. The van der Waals surface area contributed by atoms with E-state index < -0.39 is 21.5 Å². The first-order valence-corrected chi connectivity index (χ1v) is 9.63. The summed E-state index contributed by atoms with van der Waals surface area (Å²) in [6, 6.07) is 0. The van der Waals surface area contributed by atoms with Crippen LogP contribution in [0, 0.1) is 0 Å². The summed E-state index contributed by atoms with van der Waals surface area (Å²) in [4.78, 5) is 0. The average molecular weight is 389 g/mol. The molecular weight excluding hydrogens is 362 g/mol. The predicted octanol–water partition coefficient (Wildman–Crippen LogP) is 1.13. The minimum absolute atomic E-state index is 0.630. The van der Waals surface area contributed by atoms with Crippen molar-refractivity contribution in [3.63, 3.8) is 0 Å². The van der Waals surface area contributed by atoms with Gasteiger partial charge in [-0.2, -0.15) is 0 Å². The van der Waals surface area contributed by atoms with E-state index in [1.54, 1.807) is 21.3 Å². The van der Waals surface area contributed by atoms with Crippen molar-refractivity contribution in [3.8, 4) is 0 Å². The molecule has 116 valence electrons. The van der Waals surface area contributed by atoms with E-state index in [9.17, 15) is 0 Å². The van der Waals surface area contributed by atoms with Gasteiger partial charge in [0.15, 0.2) is 0 Å². The van der Waals surface area contributed by atoms with Crippen molar-refractivity contribution in [2.45, 2.75) is 19.3 Å². The Morgan fingerprint density at radius 3 is 1.11 bits per heavy atom. The Bertz CT molecular complexity index is 144. The third kappa shape index (κ3) is 14.8. The Labute approximate surface area is 125 Å². The standard InChI is InChI=1S/3C4H9O2.Sb/c3*1-6-4-2-3-5;/h3*2-4H2,1H3;/q3*-1;+3. The van der Waals surface area contributed by atoms with Crippen molar-refractivity contribution >= 4 is 21.5 Å². The molecule has 0 heterocycles. The van der Waals surface area contributed by atoms with Gasteiger partial charge in [-0.3, -0.25) is 0 Å². The fraction of sp³-hybridized carbons (Fsp3) is 1.00. The SMILES string of the molecule is COCCC[O][Sb]([O]CCCOC)[O]CCCOC. The molecule has 0 radical (unpaired) electrons. The van der Waals surface area contributed by atoms with Crippen LogP contribution >= 0.6 is 0 Å². The van der Waals surface area contributed by atoms with Crippen molar-refractivity contribution in [1.29, 1.82) is 0 Å². The fourth-order valence-electron chi connectivity index (χ4n) is 1.14. The molecule has 0 atom stereocenters. The summed E-state index contributed by atoms with van der Waals surface area (Å²) in [6.07, 6.45) is 2.58. The average Bonchev–Trinajstić information content (AvgIpc) is 2.43. The summed E-state index contributed by atoms with van der Waals surface area (Å²) < 4.78 is 32.0. The molecule has 0 saturated heterocycles. The van der Waals surface area contributed by atoms with E-state index in [2.05, 4.69) is 0 Å². The number of hydrogen-bond acceptors (Lipinski definition) is 6. The second kappa shape index (κ2) is 16.6. The number of hydrogen-bond donors (Lipinski definition) is 0. The third-order valence-electron chi connectivity index (χ3n) is 2.07. The van der Waals surface area contributed by atoms with Gasteiger partial charge in [0, 0.05) is 0 Å². The van der Waals surface area contributed by atoms with E-state index in [1.807, 2.05) is 0 Å². The van der Waals surface area contributed by atoms with Gasteiger partial charge in [0.2, 0.25) is 0 Å². The summed E-state index contributed by atoms with van der Waals surface area (Å²) in [5, 5.41) is 0. The van der Waals surface area contributed by atoms with Gasteiger partial charge in [-0.15, -0.1) is 0 Å². The molecule has 0 aromatic rings. The molecule has 0 fully saturated rings. The van der Waals surface area contributed by atoms with Crippen molar-refractivity contribution in [2.75, 3.05) is 61.0 Å². The van der Waals surface area contributed by atoms with E-state index >= 15 is 0 Å². The van der Waals surface area contributed by atoms with Crippen LogP contribution in [-0.2, 0) is 23.3 Å².